The summed E-state index contributed by atoms with van der Waals surface area (Å²) in [5.74, 6) is 0.254. The molecule has 1 unspecified atom stereocenters. The van der Waals surface area contributed by atoms with Gasteiger partial charge in [0, 0.05) is 30.7 Å². The van der Waals surface area contributed by atoms with Gasteiger partial charge in [0.15, 0.2) is 0 Å². The number of H-pyrrole nitrogens is 1. The van der Waals surface area contributed by atoms with E-state index in [1.54, 1.807) is 0 Å². The first-order valence-electron chi connectivity index (χ1n) is 5.61. The van der Waals surface area contributed by atoms with Crippen LogP contribution in [0.25, 0.3) is 0 Å². The second-order valence-corrected chi connectivity index (χ2v) is 6.71. The number of aromatic nitrogens is 1. The highest BCUT2D eigenvalue weighted by Crippen LogP contribution is 2.30. The zero-order valence-corrected chi connectivity index (χ0v) is 10.3. The molecular formula is C11H18N2O2S. The predicted molar refractivity (Wildman–Crippen MR) is 64.1 cm³/mol. The van der Waals surface area contributed by atoms with Crippen LogP contribution in [0.3, 0.4) is 0 Å². The summed E-state index contributed by atoms with van der Waals surface area (Å²) in [6.45, 7) is 1.64. The number of hydrogen-bond donors (Lipinski definition) is 1. The summed E-state index contributed by atoms with van der Waals surface area (Å²) >= 11 is 0. The fraction of sp³-hybridized carbons (Fsp3) is 0.636. The van der Waals surface area contributed by atoms with Crippen molar-refractivity contribution in [3.05, 3.63) is 24.0 Å². The van der Waals surface area contributed by atoms with Crippen molar-refractivity contribution in [1.82, 2.24) is 9.88 Å². The largest absolute Gasteiger partial charge is 0.364 e. The summed E-state index contributed by atoms with van der Waals surface area (Å²) in [5, 5.41) is 0. The van der Waals surface area contributed by atoms with Crippen LogP contribution in [-0.2, 0) is 9.84 Å². The van der Waals surface area contributed by atoms with Gasteiger partial charge in [0.25, 0.3) is 0 Å². The van der Waals surface area contributed by atoms with Crippen LogP contribution >= 0.6 is 0 Å². The highest BCUT2D eigenvalue weighted by Gasteiger charge is 2.26. The molecule has 16 heavy (non-hydrogen) atoms. The van der Waals surface area contributed by atoms with E-state index < -0.39 is 9.84 Å². The third-order valence-corrected chi connectivity index (χ3v) is 4.02. The second-order valence-electron chi connectivity index (χ2n) is 4.45. The van der Waals surface area contributed by atoms with E-state index in [9.17, 15) is 8.42 Å². The Morgan fingerprint density at radius 2 is 2.38 bits per heavy atom. The summed E-state index contributed by atoms with van der Waals surface area (Å²) in [6.07, 6.45) is 5.48. The average molecular weight is 242 g/mol. The van der Waals surface area contributed by atoms with Crippen molar-refractivity contribution < 1.29 is 8.42 Å². The van der Waals surface area contributed by atoms with Gasteiger partial charge in [0.2, 0.25) is 0 Å². The van der Waals surface area contributed by atoms with Gasteiger partial charge < -0.3 is 4.98 Å². The standard InChI is InChI=1S/C11H18N2O2S/c1-16(14,15)9-8-13-7-3-5-11(13)10-4-2-6-12-10/h2,4,6,11-12H,3,5,7-9H2,1H3. The first-order valence-corrected chi connectivity index (χ1v) is 7.67. The number of aromatic amines is 1. The summed E-state index contributed by atoms with van der Waals surface area (Å²) in [4.78, 5) is 5.47. The molecule has 0 bridgehead atoms. The predicted octanol–water partition coefficient (Wildman–Crippen LogP) is 1.20. The van der Waals surface area contributed by atoms with E-state index in [1.807, 2.05) is 12.3 Å². The SMILES string of the molecule is CS(=O)(=O)CCN1CCCC1c1ccc[nH]1. The molecule has 1 aliphatic rings. The minimum absolute atomic E-state index is 0.254. The quantitative estimate of drug-likeness (QED) is 0.863. The Balaban J connectivity index is 1.99. The fourth-order valence-electron chi connectivity index (χ4n) is 2.28. The Kier molecular flexibility index (Phi) is 3.35. The molecule has 1 aliphatic heterocycles. The maximum Gasteiger partial charge on any atom is 0.148 e. The molecule has 5 heteroatoms. The highest BCUT2D eigenvalue weighted by molar-refractivity contribution is 7.90. The lowest BCUT2D eigenvalue weighted by Gasteiger charge is -2.23. The van der Waals surface area contributed by atoms with Gasteiger partial charge >= 0.3 is 0 Å². The van der Waals surface area contributed by atoms with Crippen LogP contribution in [0, 0.1) is 0 Å². The Morgan fingerprint density at radius 1 is 1.56 bits per heavy atom. The van der Waals surface area contributed by atoms with Gasteiger partial charge in [-0.1, -0.05) is 0 Å². The van der Waals surface area contributed by atoms with Crippen LogP contribution in [-0.4, -0.2) is 43.4 Å². The molecule has 2 heterocycles. The van der Waals surface area contributed by atoms with E-state index in [4.69, 9.17) is 0 Å². The molecule has 2 rings (SSSR count). The number of nitrogens with one attached hydrogen (secondary N) is 1. The molecule has 0 saturated carbocycles. The van der Waals surface area contributed by atoms with Crippen LogP contribution in [0.2, 0.25) is 0 Å². The molecule has 1 saturated heterocycles. The molecule has 0 spiro atoms. The fourth-order valence-corrected chi connectivity index (χ4v) is 2.85. The van der Waals surface area contributed by atoms with Gasteiger partial charge in [-0.15, -0.1) is 0 Å². The van der Waals surface area contributed by atoms with Crippen molar-refractivity contribution in [2.75, 3.05) is 25.1 Å². The smallest absolute Gasteiger partial charge is 0.148 e. The molecule has 1 aromatic heterocycles. The van der Waals surface area contributed by atoms with Crippen molar-refractivity contribution in [2.24, 2.45) is 0 Å². The van der Waals surface area contributed by atoms with Gasteiger partial charge in [-0.25, -0.2) is 8.42 Å². The van der Waals surface area contributed by atoms with Gasteiger partial charge in [-0.2, -0.15) is 0 Å². The van der Waals surface area contributed by atoms with E-state index >= 15 is 0 Å². The number of rotatable bonds is 4. The maximum atomic E-state index is 11.1. The lowest BCUT2D eigenvalue weighted by Crippen LogP contribution is -2.29. The van der Waals surface area contributed by atoms with Crippen molar-refractivity contribution in [1.29, 1.82) is 0 Å². The van der Waals surface area contributed by atoms with E-state index in [0.717, 1.165) is 19.4 Å². The zero-order valence-electron chi connectivity index (χ0n) is 9.52. The first-order chi connectivity index (χ1) is 7.56. The Morgan fingerprint density at radius 3 is 3.00 bits per heavy atom. The van der Waals surface area contributed by atoms with Crippen LogP contribution in [0.4, 0.5) is 0 Å². The van der Waals surface area contributed by atoms with Crippen molar-refractivity contribution in [2.45, 2.75) is 18.9 Å². The third-order valence-electron chi connectivity index (χ3n) is 3.09. The molecule has 4 nitrogen and oxygen atoms in total. The van der Waals surface area contributed by atoms with Gasteiger partial charge in [0.05, 0.1) is 5.75 Å². The maximum absolute atomic E-state index is 11.1. The molecule has 0 aliphatic carbocycles. The molecule has 90 valence electrons. The molecule has 1 aromatic rings. The zero-order chi connectivity index (χ0) is 11.6. The Bertz CT molecular complexity index is 425. The van der Waals surface area contributed by atoms with Gasteiger partial charge in [-0.05, 0) is 31.5 Å². The number of nitrogens with zero attached hydrogens (tertiary/aromatic N) is 1. The molecule has 0 aromatic carbocycles. The molecule has 1 fully saturated rings. The summed E-state index contributed by atoms with van der Waals surface area (Å²) in [7, 11) is -2.86. The summed E-state index contributed by atoms with van der Waals surface area (Å²) in [6, 6.07) is 4.43. The van der Waals surface area contributed by atoms with Crippen LogP contribution in [0.5, 0.6) is 0 Å². The molecule has 1 N–H and O–H groups in total. The number of hydrogen-bond acceptors (Lipinski definition) is 3. The van der Waals surface area contributed by atoms with Crippen molar-refractivity contribution >= 4 is 9.84 Å². The lowest BCUT2D eigenvalue weighted by molar-refractivity contribution is 0.268. The van der Waals surface area contributed by atoms with Crippen molar-refractivity contribution in [3.8, 4) is 0 Å². The van der Waals surface area contributed by atoms with E-state index in [2.05, 4.69) is 16.0 Å². The van der Waals surface area contributed by atoms with E-state index in [0.29, 0.717) is 12.6 Å². The van der Waals surface area contributed by atoms with Crippen LogP contribution < -0.4 is 0 Å². The van der Waals surface area contributed by atoms with Gasteiger partial charge in [0.1, 0.15) is 9.84 Å². The Labute approximate surface area is 96.6 Å². The summed E-state index contributed by atoms with van der Waals surface area (Å²) in [5.41, 5.74) is 1.20. The topological polar surface area (TPSA) is 53.2 Å². The number of likely N-dealkylation sites (tertiary alicyclic amines) is 1. The summed E-state index contributed by atoms with van der Waals surface area (Å²) < 4.78 is 22.3. The Hall–Kier alpha value is -0.810. The average Bonchev–Trinajstić information content (AvgIpc) is 2.84. The molecule has 0 amide bonds. The minimum atomic E-state index is -2.86. The van der Waals surface area contributed by atoms with Crippen LogP contribution in [0.15, 0.2) is 18.3 Å². The third kappa shape index (κ3) is 2.86. The molecule has 0 radical (unpaired) electrons. The van der Waals surface area contributed by atoms with E-state index in [-0.39, 0.29) is 5.75 Å². The van der Waals surface area contributed by atoms with Gasteiger partial charge in [-0.3, -0.25) is 4.90 Å². The molecular weight excluding hydrogens is 224 g/mol. The second kappa shape index (κ2) is 4.59. The van der Waals surface area contributed by atoms with Crippen LogP contribution in [0.1, 0.15) is 24.6 Å². The first kappa shape index (κ1) is 11.7. The number of sulfone groups is 1. The monoisotopic (exact) mass is 242 g/mol. The van der Waals surface area contributed by atoms with Crippen molar-refractivity contribution in [3.63, 3.8) is 0 Å². The van der Waals surface area contributed by atoms with E-state index in [1.165, 1.54) is 11.9 Å². The lowest BCUT2D eigenvalue weighted by atomic mass is 10.1. The normalized spacial score (nSPS) is 22.7. The molecule has 1 atom stereocenters. The minimum Gasteiger partial charge on any atom is -0.364 e. The highest BCUT2D eigenvalue weighted by atomic mass is 32.2.